The van der Waals surface area contributed by atoms with E-state index < -0.39 is 65.4 Å². The predicted molar refractivity (Wildman–Crippen MR) is 140 cm³/mol. The summed E-state index contributed by atoms with van der Waals surface area (Å²) in [5.74, 6) is -4.46. The van der Waals surface area contributed by atoms with Crippen molar-refractivity contribution in [1.82, 2.24) is 20.1 Å². The maximum absolute atomic E-state index is 14.2. The van der Waals surface area contributed by atoms with E-state index in [9.17, 15) is 41.0 Å². The van der Waals surface area contributed by atoms with Crippen LogP contribution in [-0.2, 0) is 36.8 Å². The summed E-state index contributed by atoms with van der Waals surface area (Å²) in [6.07, 6.45) is -5.09. The number of carbonyl (C=O) groups excluding carboxylic acids is 2. The van der Waals surface area contributed by atoms with Crippen LogP contribution in [0.5, 0.6) is 0 Å². The number of pyridine rings is 1. The normalized spacial score (nSPS) is 15.3. The van der Waals surface area contributed by atoms with Crippen LogP contribution in [0.1, 0.15) is 44.6 Å². The van der Waals surface area contributed by atoms with Gasteiger partial charge in [-0.25, -0.2) is 13.2 Å². The standard InChI is InChI=1S/C29H23F6N5O3/c30-16-6-14(7-17(31)10-16)8-23(26-19(2-1-5-37-26)15-3-4-22(32)20(9-15)28(36)43)38-25(42)13-40-24-12-18(41)11-21(24)27(39-40)29(33,34)35/h1-7,9-10,18,23,41H,8,11-13H2,(H2,36,43)(H,38,42). The number of nitrogens with two attached hydrogens (primary N) is 1. The molecule has 1 aliphatic rings. The molecule has 0 fully saturated rings. The van der Waals surface area contributed by atoms with Crippen molar-refractivity contribution in [3.63, 3.8) is 0 Å². The van der Waals surface area contributed by atoms with Crippen LogP contribution in [0.15, 0.2) is 54.7 Å². The molecule has 4 N–H and O–H groups in total. The number of nitrogens with one attached hydrogen (secondary N) is 1. The second kappa shape index (κ2) is 11.5. The van der Waals surface area contributed by atoms with Crippen LogP contribution in [0.25, 0.3) is 11.1 Å². The zero-order valence-electron chi connectivity index (χ0n) is 22.1. The molecule has 0 saturated heterocycles. The third kappa shape index (κ3) is 6.38. The average molecular weight is 604 g/mol. The molecule has 2 unspecified atom stereocenters. The number of fused-ring (bicyclic) bond motifs is 1. The molecule has 2 heterocycles. The summed E-state index contributed by atoms with van der Waals surface area (Å²) >= 11 is 0. The number of nitrogens with zero attached hydrogens (tertiary/aromatic N) is 3. The molecule has 2 amide bonds. The fourth-order valence-corrected chi connectivity index (χ4v) is 5.24. The number of hydrogen-bond donors (Lipinski definition) is 3. The van der Waals surface area contributed by atoms with Crippen LogP contribution < -0.4 is 11.1 Å². The first kappa shape index (κ1) is 29.8. The number of rotatable bonds is 8. The minimum atomic E-state index is -4.80. The van der Waals surface area contributed by atoms with E-state index in [1.54, 1.807) is 6.07 Å². The van der Waals surface area contributed by atoms with Crippen LogP contribution in [0.3, 0.4) is 0 Å². The Morgan fingerprint density at radius 2 is 1.79 bits per heavy atom. The lowest BCUT2D eigenvalue weighted by molar-refractivity contribution is -0.142. The number of aromatic nitrogens is 3. The molecule has 8 nitrogen and oxygen atoms in total. The van der Waals surface area contributed by atoms with Gasteiger partial charge in [-0.2, -0.15) is 18.3 Å². The van der Waals surface area contributed by atoms with Crippen molar-refractivity contribution >= 4 is 11.8 Å². The van der Waals surface area contributed by atoms with Gasteiger partial charge >= 0.3 is 6.18 Å². The summed E-state index contributed by atoms with van der Waals surface area (Å²) in [4.78, 5) is 29.4. The molecule has 43 heavy (non-hydrogen) atoms. The summed E-state index contributed by atoms with van der Waals surface area (Å²) in [7, 11) is 0. The Bertz CT molecular complexity index is 1700. The Balaban J connectivity index is 1.52. The van der Waals surface area contributed by atoms with Crippen molar-refractivity contribution < 1.29 is 41.0 Å². The van der Waals surface area contributed by atoms with E-state index in [1.807, 2.05) is 0 Å². The van der Waals surface area contributed by atoms with Gasteiger partial charge in [0.15, 0.2) is 5.69 Å². The van der Waals surface area contributed by atoms with Crippen molar-refractivity contribution in [2.45, 2.75) is 44.1 Å². The third-order valence-corrected chi connectivity index (χ3v) is 7.01. The van der Waals surface area contributed by atoms with Gasteiger partial charge in [0.25, 0.3) is 5.91 Å². The Hall–Kier alpha value is -4.72. The molecule has 14 heteroatoms. The van der Waals surface area contributed by atoms with E-state index in [0.717, 1.165) is 22.9 Å². The minimum absolute atomic E-state index is 0.0718. The Morgan fingerprint density at radius 1 is 1.07 bits per heavy atom. The predicted octanol–water partition coefficient (Wildman–Crippen LogP) is 4.04. The second-order valence-corrected chi connectivity index (χ2v) is 10.1. The Kier molecular flexibility index (Phi) is 7.97. The molecule has 2 aromatic heterocycles. The summed E-state index contributed by atoms with van der Waals surface area (Å²) in [6.45, 7) is -0.663. The molecule has 5 rings (SSSR count). The molecule has 2 atom stereocenters. The van der Waals surface area contributed by atoms with Gasteiger partial charge in [-0.1, -0.05) is 12.1 Å². The first-order chi connectivity index (χ1) is 20.3. The molecule has 0 bridgehead atoms. The molecule has 4 aromatic rings. The fourth-order valence-electron chi connectivity index (χ4n) is 5.24. The molecule has 1 aliphatic carbocycles. The van der Waals surface area contributed by atoms with Gasteiger partial charge in [0.05, 0.1) is 23.4 Å². The van der Waals surface area contributed by atoms with Crippen LogP contribution in [0.2, 0.25) is 0 Å². The second-order valence-electron chi connectivity index (χ2n) is 10.1. The molecule has 2 aromatic carbocycles. The largest absolute Gasteiger partial charge is 0.435 e. The summed E-state index contributed by atoms with van der Waals surface area (Å²) in [5, 5.41) is 16.2. The fraction of sp³-hybridized carbons (Fsp3) is 0.241. The van der Waals surface area contributed by atoms with Crippen LogP contribution >= 0.6 is 0 Å². The highest BCUT2D eigenvalue weighted by atomic mass is 19.4. The smallest absolute Gasteiger partial charge is 0.392 e. The molecule has 0 spiro atoms. The van der Waals surface area contributed by atoms with E-state index in [0.29, 0.717) is 11.6 Å². The zero-order valence-corrected chi connectivity index (χ0v) is 22.1. The van der Waals surface area contributed by atoms with Crippen LogP contribution in [-0.4, -0.2) is 37.8 Å². The van der Waals surface area contributed by atoms with E-state index in [1.165, 1.54) is 24.4 Å². The molecular formula is C29H23F6N5O3. The van der Waals surface area contributed by atoms with E-state index in [4.69, 9.17) is 5.73 Å². The number of amides is 2. The van der Waals surface area contributed by atoms with Gasteiger partial charge in [0.2, 0.25) is 5.91 Å². The molecule has 0 radical (unpaired) electrons. The molecule has 0 saturated carbocycles. The number of halogens is 6. The SMILES string of the molecule is NC(=O)c1cc(-c2cccnc2C(Cc2cc(F)cc(F)c2)NC(=O)Cn2nc(C(F)(F)F)c3c2CC(O)C3)ccc1F. The van der Waals surface area contributed by atoms with Gasteiger partial charge < -0.3 is 16.2 Å². The number of hydrogen-bond acceptors (Lipinski definition) is 5. The van der Waals surface area contributed by atoms with Crippen molar-refractivity contribution in [1.29, 1.82) is 0 Å². The highest BCUT2D eigenvalue weighted by molar-refractivity contribution is 5.94. The summed E-state index contributed by atoms with van der Waals surface area (Å²) in [6, 6.07) is 8.30. The number of aliphatic hydroxyl groups is 1. The van der Waals surface area contributed by atoms with E-state index >= 15 is 0 Å². The maximum atomic E-state index is 14.2. The lowest BCUT2D eigenvalue weighted by Crippen LogP contribution is -2.34. The lowest BCUT2D eigenvalue weighted by atomic mass is 9.94. The zero-order chi connectivity index (χ0) is 31.1. The number of benzene rings is 2. The van der Waals surface area contributed by atoms with Gasteiger partial charge in [-0.15, -0.1) is 0 Å². The van der Waals surface area contributed by atoms with Gasteiger partial charge in [0, 0.05) is 41.9 Å². The minimum Gasteiger partial charge on any atom is -0.392 e. The van der Waals surface area contributed by atoms with Crippen molar-refractivity contribution in [2.24, 2.45) is 5.73 Å². The van der Waals surface area contributed by atoms with Gasteiger partial charge in [-0.05, 0) is 47.9 Å². The quantitative estimate of drug-likeness (QED) is 0.263. The molecular weight excluding hydrogens is 580 g/mol. The van der Waals surface area contributed by atoms with Crippen LogP contribution in [0.4, 0.5) is 26.3 Å². The molecule has 224 valence electrons. The summed E-state index contributed by atoms with van der Waals surface area (Å²) in [5.41, 5.74) is 4.46. The number of alkyl halides is 3. The monoisotopic (exact) mass is 603 g/mol. The van der Waals surface area contributed by atoms with E-state index in [2.05, 4.69) is 15.4 Å². The third-order valence-electron chi connectivity index (χ3n) is 7.01. The first-order valence-electron chi connectivity index (χ1n) is 12.9. The number of carbonyl (C=O) groups is 2. The van der Waals surface area contributed by atoms with Crippen molar-refractivity contribution in [3.05, 3.63) is 106 Å². The van der Waals surface area contributed by atoms with Gasteiger partial charge in [0.1, 0.15) is 24.0 Å². The summed E-state index contributed by atoms with van der Waals surface area (Å²) < 4.78 is 83.9. The number of primary amides is 1. The molecule has 0 aliphatic heterocycles. The number of aliphatic hydroxyl groups excluding tert-OH is 1. The van der Waals surface area contributed by atoms with Crippen molar-refractivity contribution in [2.75, 3.05) is 0 Å². The highest BCUT2D eigenvalue weighted by Gasteiger charge is 2.42. The maximum Gasteiger partial charge on any atom is 0.435 e. The Morgan fingerprint density at radius 3 is 2.47 bits per heavy atom. The average Bonchev–Trinajstić information content (AvgIpc) is 3.45. The van der Waals surface area contributed by atoms with Gasteiger partial charge in [-0.3, -0.25) is 19.3 Å². The Labute approximate surface area is 240 Å². The van der Waals surface area contributed by atoms with Crippen LogP contribution in [0, 0.1) is 17.5 Å². The lowest BCUT2D eigenvalue weighted by Gasteiger charge is -2.22. The first-order valence-corrected chi connectivity index (χ1v) is 12.9. The van der Waals surface area contributed by atoms with Crippen molar-refractivity contribution in [3.8, 4) is 11.1 Å². The topological polar surface area (TPSA) is 123 Å². The van der Waals surface area contributed by atoms with E-state index in [-0.39, 0.29) is 47.3 Å². The highest BCUT2D eigenvalue weighted by Crippen LogP contribution is 2.37.